The van der Waals surface area contributed by atoms with Gasteiger partial charge in [0.05, 0.1) is 23.0 Å². The molecule has 27 heavy (non-hydrogen) atoms. The van der Waals surface area contributed by atoms with Gasteiger partial charge < -0.3 is 9.14 Å². The van der Waals surface area contributed by atoms with Crippen LogP contribution in [-0.4, -0.2) is 22.7 Å². The number of hydrogen-bond donors (Lipinski definition) is 0. The molecule has 0 aliphatic heterocycles. The summed E-state index contributed by atoms with van der Waals surface area (Å²) in [7, 11) is 1.65. The number of hydrogen-bond acceptors (Lipinski definition) is 3. The maximum Gasteiger partial charge on any atom is 0.141 e. The number of aliphatic imine (C=N–C) groups is 1. The third-order valence-corrected chi connectivity index (χ3v) is 5.15. The van der Waals surface area contributed by atoms with Crippen LogP contribution in [0, 0.1) is 0 Å². The summed E-state index contributed by atoms with van der Waals surface area (Å²) in [6.07, 6.45) is 5.81. The van der Waals surface area contributed by atoms with Crippen LogP contribution in [0.2, 0.25) is 0 Å². The standard InChI is InChI=1S/C21H15Br2N3O/c1-27-21-15(9-16(22)11-18(21)23)12-24-17-6-4-5-14(10-17)19-13-26-8-3-2-7-20(26)25-19/h2-13H,1H3. The lowest BCUT2D eigenvalue weighted by Gasteiger charge is -2.07. The van der Waals surface area contributed by atoms with Gasteiger partial charge in [0.25, 0.3) is 0 Å². The fourth-order valence-electron chi connectivity index (χ4n) is 2.85. The summed E-state index contributed by atoms with van der Waals surface area (Å²) in [5.41, 5.74) is 4.60. The smallest absolute Gasteiger partial charge is 0.141 e. The molecule has 0 saturated heterocycles. The molecule has 4 rings (SSSR count). The van der Waals surface area contributed by atoms with Crippen LogP contribution in [0.5, 0.6) is 5.75 Å². The van der Waals surface area contributed by atoms with Crippen molar-refractivity contribution in [3.8, 4) is 17.0 Å². The van der Waals surface area contributed by atoms with E-state index in [2.05, 4.69) is 41.8 Å². The second-order valence-electron chi connectivity index (χ2n) is 5.91. The van der Waals surface area contributed by atoms with E-state index >= 15 is 0 Å². The third kappa shape index (κ3) is 3.82. The van der Waals surface area contributed by atoms with Crippen LogP contribution in [0.4, 0.5) is 5.69 Å². The molecular weight excluding hydrogens is 470 g/mol. The molecule has 134 valence electrons. The van der Waals surface area contributed by atoms with Crippen molar-refractivity contribution < 1.29 is 4.74 Å². The number of fused-ring (bicyclic) bond motifs is 1. The molecule has 0 amide bonds. The lowest BCUT2D eigenvalue weighted by Crippen LogP contribution is -1.92. The Kier molecular flexibility index (Phi) is 5.09. The first kappa shape index (κ1) is 17.9. The topological polar surface area (TPSA) is 38.9 Å². The Hall–Kier alpha value is -2.44. The zero-order valence-electron chi connectivity index (χ0n) is 14.4. The number of methoxy groups -OCH3 is 1. The van der Waals surface area contributed by atoms with Gasteiger partial charge in [-0.3, -0.25) is 4.99 Å². The van der Waals surface area contributed by atoms with E-state index in [-0.39, 0.29) is 0 Å². The molecule has 0 fully saturated rings. The Morgan fingerprint density at radius 2 is 1.96 bits per heavy atom. The van der Waals surface area contributed by atoms with Crippen molar-refractivity contribution >= 4 is 49.4 Å². The van der Waals surface area contributed by atoms with E-state index in [9.17, 15) is 0 Å². The van der Waals surface area contributed by atoms with Gasteiger partial charge in [-0.1, -0.05) is 34.1 Å². The molecule has 0 radical (unpaired) electrons. The molecule has 6 heteroatoms. The van der Waals surface area contributed by atoms with E-state index in [0.717, 1.165) is 42.9 Å². The van der Waals surface area contributed by atoms with E-state index < -0.39 is 0 Å². The molecule has 2 aromatic heterocycles. The molecule has 0 aliphatic rings. The largest absolute Gasteiger partial charge is 0.495 e. The predicted molar refractivity (Wildman–Crippen MR) is 116 cm³/mol. The van der Waals surface area contributed by atoms with Crippen LogP contribution in [0.15, 0.2) is 80.9 Å². The Morgan fingerprint density at radius 3 is 2.78 bits per heavy atom. The first-order chi connectivity index (χ1) is 13.1. The van der Waals surface area contributed by atoms with Crippen molar-refractivity contribution in [2.45, 2.75) is 0 Å². The molecule has 0 aliphatic carbocycles. The maximum atomic E-state index is 5.47. The number of ether oxygens (including phenoxy) is 1. The van der Waals surface area contributed by atoms with Crippen LogP contribution >= 0.6 is 31.9 Å². The highest BCUT2D eigenvalue weighted by molar-refractivity contribution is 9.11. The molecule has 2 heterocycles. The minimum atomic E-state index is 0.749. The number of imidazole rings is 1. The number of rotatable bonds is 4. The first-order valence-corrected chi connectivity index (χ1v) is 9.84. The Morgan fingerprint density at radius 1 is 1.07 bits per heavy atom. The molecule has 0 atom stereocenters. The van der Waals surface area contributed by atoms with Gasteiger partial charge in [0.15, 0.2) is 0 Å². The second-order valence-corrected chi connectivity index (χ2v) is 7.68. The van der Waals surface area contributed by atoms with Gasteiger partial charge in [-0.2, -0.15) is 0 Å². The minimum absolute atomic E-state index is 0.749. The van der Waals surface area contributed by atoms with Gasteiger partial charge >= 0.3 is 0 Å². The van der Waals surface area contributed by atoms with Crippen molar-refractivity contribution in [1.29, 1.82) is 0 Å². The fraction of sp³-hybridized carbons (Fsp3) is 0.0476. The van der Waals surface area contributed by atoms with Gasteiger partial charge in [-0.25, -0.2) is 4.98 Å². The van der Waals surface area contributed by atoms with Gasteiger partial charge in [0.1, 0.15) is 11.4 Å². The van der Waals surface area contributed by atoms with Crippen molar-refractivity contribution in [2.24, 2.45) is 4.99 Å². The third-order valence-electron chi connectivity index (χ3n) is 4.10. The zero-order valence-corrected chi connectivity index (χ0v) is 17.6. The highest BCUT2D eigenvalue weighted by Crippen LogP contribution is 2.32. The molecule has 0 spiro atoms. The molecule has 0 saturated carbocycles. The molecule has 4 nitrogen and oxygen atoms in total. The van der Waals surface area contributed by atoms with E-state index in [1.807, 2.05) is 71.4 Å². The Labute approximate surface area is 173 Å². The summed E-state index contributed by atoms with van der Waals surface area (Å²) in [5.74, 6) is 0.749. The van der Waals surface area contributed by atoms with Crippen molar-refractivity contribution in [3.05, 3.63) is 81.5 Å². The van der Waals surface area contributed by atoms with Crippen LogP contribution in [-0.2, 0) is 0 Å². The van der Waals surface area contributed by atoms with Crippen LogP contribution in [0.1, 0.15) is 5.56 Å². The summed E-state index contributed by atoms with van der Waals surface area (Å²) in [6.45, 7) is 0. The summed E-state index contributed by atoms with van der Waals surface area (Å²) in [6, 6.07) is 17.9. The van der Waals surface area contributed by atoms with Crippen molar-refractivity contribution in [1.82, 2.24) is 9.38 Å². The van der Waals surface area contributed by atoms with Crippen molar-refractivity contribution in [3.63, 3.8) is 0 Å². The van der Waals surface area contributed by atoms with Crippen LogP contribution in [0.3, 0.4) is 0 Å². The summed E-state index contributed by atoms with van der Waals surface area (Å²) < 4.78 is 9.31. The fourth-order valence-corrected chi connectivity index (χ4v) is 4.28. The average molecular weight is 485 g/mol. The van der Waals surface area contributed by atoms with Gasteiger partial charge in [0.2, 0.25) is 0 Å². The quantitative estimate of drug-likeness (QED) is 0.319. The maximum absolute atomic E-state index is 5.47. The number of pyridine rings is 1. The summed E-state index contributed by atoms with van der Waals surface area (Å²) >= 11 is 7.02. The van der Waals surface area contributed by atoms with Crippen LogP contribution < -0.4 is 4.74 Å². The number of nitrogens with zero attached hydrogens (tertiary/aromatic N) is 3. The van der Waals surface area contributed by atoms with Crippen molar-refractivity contribution in [2.75, 3.05) is 7.11 Å². The van der Waals surface area contributed by atoms with E-state index in [1.165, 1.54) is 0 Å². The SMILES string of the molecule is COc1c(Br)cc(Br)cc1C=Nc1cccc(-c2cn3ccccc3n2)c1. The normalized spacial score (nSPS) is 11.4. The van der Waals surface area contributed by atoms with Crippen LogP contribution in [0.25, 0.3) is 16.9 Å². The van der Waals surface area contributed by atoms with E-state index in [4.69, 9.17) is 4.74 Å². The monoisotopic (exact) mass is 483 g/mol. The van der Waals surface area contributed by atoms with E-state index in [0.29, 0.717) is 0 Å². The molecule has 4 aromatic rings. The lowest BCUT2D eigenvalue weighted by molar-refractivity contribution is 0.411. The minimum Gasteiger partial charge on any atom is -0.495 e. The molecular formula is C21H15Br2N3O. The number of halogens is 2. The zero-order chi connectivity index (χ0) is 18.8. The lowest BCUT2D eigenvalue weighted by atomic mass is 10.1. The summed E-state index contributed by atoms with van der Waals surface area (Å²) in [4.78, 5) is 9.30. The molecule has 2 aromatic carbocycles. The Bertz CT molecular complexity index is 1120. The molecule has 0 N–H and O–H groups in total. The second kappa shape index (κ2) is 7.66. The van der Waals surface area contributed by atoms with E-state index in [1.54, 1.807) is 13.3 Å². The predicted octanol–water partition coefficient (Wildman–Crippen LogP) is 6.29. The number of benzene rings is 2. The highest BCUT2D eigenvalue weighted by atomic mass is 79.9. The molecule has 0 unspecified atom stereocenters. The average Bonchev–Trinajstić information content (AvgIpc) is 3.10. The first-order valence-electron chi connectivity index (χ1n) is 8.25. The van der Waals surface area contributed by atoms with Gasteiger partial charge in [-0.15, -0.1) is 0 Å². The highest BCUT2D eigenvalue weighted by Gasteiger charge is 2.08. The molecule has 0 bridgehead atoms. The summed E-state index contributed by atoms with van der Waals surface area (Å²) in [5, 5.41) is 0. The Balaban J connectivity index is 1.68. The van der Waals surface area contributed by atoms with Gasteiger partial charge in [-0.05, 0) is 52.3 Å². The number of aromatic nitrogens is 2. The van der Waals surface area contributed by atoms with Gasteiger partial charge in [0, 0.05) is 34.2 Å².